The Kier molecular flexibility index (Phi) is 7.95. The molecule has 150 valence electrons. The third-order valence-corrected chi connectivity index (χ3v) is 5.52. The zero-order chi connectivity index (χ0) is 19.4. The largest absolute Gasteiger partial charge is 0.241 e. The van der Waals surface area contributed by atoms with Gasteiger partial charge in [-0.15, -0.1) is 0 Å². The Morgan fingerprint density at radius 3 is 1.68 bits per heavy atom. The van der Waals surface area contributed by atoms with E-state index in [1.807, 2.05) is 0 Å². The highest BCUT2D eigenvalue weighted by Gasteiger charge is 2.57. The first-order valence-corrected chi connectivity index (χ1v) is 10.1. The summed E-state index contributed by atoms with van der Waals surface area (Å²) in [6.45, 7) is 19.1. The van der Waals surface area contributed by atoms with E-state index in [4.69, 9.17) is 19.6 Å². The lowest BCUT2D eigenvalue weighted by Crippen LogP contribution is -2.58. The molecule has 0 amide bonds. The maximum Gasteiger partial charge on any atom is 0.241 e. The Hall–Kier alpha value is -0.160. The number of rotatable bonds is 10. The van der Waals surface area contributed by atoms with E-state index in [9.17, 15) is 0 Å². The van der Waals surface area contributed by atoms with Crippen molar-refractivity contribution >= 4 is 0 Å². The van der Waals surface area contributed by atoms with Crippen LogP contribution in [-0.4, -0.2) is 17.0 Å². The van der Waals surface area contributed by atoms with Crippen LogP contribution in [0.1, 0.15) is 107 Å². The Bertz CT molecular complexity index is 379. The fraction of sp³-hybridized carbons (Fsp3) is 1.00. The summed E-state index contributed by atoms with van der Waals surface area (Å²) in [5.74, 6) is -0.715. The molecule has 0 heterocycles. The van der Waals surface area contributed by atoms with Crippen molar-refractivity contribution in [3.63, 3.8) is 0 Å². The summed E-state index contributed by atoms with van der Waals surface area (Å²) in [7, 11) is 0. The zero-order valence-corrected chi connectivity index (χ0v) is 18.2. The van der Waals surface area contributed by atoms with E-state index in [2.05, 4.69) is 62.3 Å². The maximum absolute atomic E-state index is 6.14. The monoisotopic (exact) mass is 358 g/mol. The second-order valence-electron chi connectivity index (χ2n) is 9.70. The molecule has 0 aromatic rings. The van der Waals surface area contributed by atoms with Gasteiger partial charge in [-0.05, 0) is 53.4 Å². The van der Waals surface area contributed by atoms with Gasteiger partial charge in [0.2, 0.25) is 5.79 Å². The van der Waals surface area contributed by atoms with Crippen LogP contribution < -0.4 is 0 Å². The molecule has 1 saturated carbocycles. The van der Waals surface area contributed by atoms with Crippen LogP contribution in [-0.2, 0) is 19.6 Å². The van der Waals surface area contributed by atoms with Crippen LogP contribution in [0.2, 0.25) is 0 Å². The van der Waals surface area contributed by atoms with Gasteiger partial charge in [-0.3, -0.25) is 0 Å². The van der Waals surface area contributed by atoms with Gasteiger partial charge in [-0.1, -0.05) is 53.9 Å². The summed E-state index contributed by atoms with van der Waals surface area (Å²) < 4.78 is 0. The van der Waals surface area contributed by atoms with Crippen LogP contribution in [0.5, 0.6) is 0 Å². The number of hydrogen-bond donors (Lipinski definition) is 0. The summed E-state index contributed by atoms with van der Waals surface area (Å²) in [4.78, 5) is 24.2. The minimum atomic E-state index is -0.902. The average Bonchev–Trinajstić information content (AvgIpc) is 2.45. The van der Waals surface area contributed by atoms with E-state index < -0.39 is 5.79 Å². The van der Waals surface area contributed by atoms with Gasteiger partial charge in [-0.2, -0.15) is 9.78 Å². The Labute approximate surface area is 155 Å². The molecule has 25 heavy (non-hydrogen) atoms. The molecule has 0 aromatic heterocycles. The molecule has 1 rings (SSSR count). The van der Waals surface area contributed by atoms with Crippen LogP contribution in [0.3, 0.4) is 0 Å². The highest BCUT2D eigenvalue weighted by Crippen LogP contribution is 2.51. The van der Waals surface area contributed by atoms with Gasteiger partial charge >= 0.3 is 0 Å². The average molecular weight is 359 g/mol. The van der Waals surface area contributed by atoms with Crippen molar-refractivity contribution in [1.82, 2.24) is 0 Å². The normalized spacial score (nSPS) is 23.6. The lowest BCUT2D eigenvalue weighted by molar-refractivity contribution is -0.577. The SMILES string of the molecule is CCCC(C)(C)OOC1(OOC(C)(C)CCC)C(C)CCCC1(C)C. The molecule has 4 heteroatoms. The fourth-order valence-corrected chi connectivity index (χ4v) is 3.92. The third kappa shape index (κ3) is 5.92. The standard InChI is InChI=1S/C21H42O4/c1-10-14-19(6,7)22-24-21(25-23-20(8,9)15-11-2)17(3)13-12-16-18(21,4)5/h17H,10-16H2,1-9H3. The molecule has 0 saturated heterocycles. The minimum Gasteiger partial charge on any atom is -0.228 e. The Balaban J connectivity index is 3.01. The first kappa shape index (κ1) is 22.9. The summed E-state index contributed by atoms with van der Waals surface area (Å²) in [5, 5.41) is 0. The van der Waals surface area contributed by atoms with Crippen molar-refractivity contribution in [2.75, 3.05) is 0 Å². The molecule has 1 aliphatic rings. The van der Waals surface area contributed by atoms with E-state index in [-0.39, 0.29) is 22.5 Å². The quantitative estimate of drug-likeness (QED) is 0.251. The molecule has 0 bridgehead atoms. The zero-order valence-electron chi connectivity index (χ0n) is 18.2. The minimum absolute atomic E-state index is 0.186. The van der Waals surface area contributed by atoms with Gasteiger partial charge in [0, 0.05) is 11.3 Å². The van der Waals surface area contributed by atoms with Crippen molar-refractivity contribution < 1.29 is 19.6 Å². The molecular formula is C21H42O4. The predicted octanol–water partition coefficient (Wildman–Crippen LogP) is 6.58. The summed E-state index contributed by atoms with van der Waals surface area (Å²) in [5.41, 5.74) is -0.899. The van der Waals surface area contributed by atoms with Crippen LogP contribution in [0.4, 0.5) is 0 Å². The highest BCUT2D eigenvalue weighted by atomic mass is 17.3. The lowest BCUT2D eigenvalue weighted by Gasteiger charge is -2.51. The van der Waals surface area contributed by atoms with Gasteiger partial charge in [-0.25, -0.2) is 9.78 Å². The van der Waals surface area contributed by atoms with Crippen molar-refractivity contribution in [3.05, 3.63) is 0 Å². The third-order valence-electron chi connectivity index (χ3n) is 5.52. The molecular weight excluding hydrogens is 316 g/mol. The van der Waals surface area contributed by atoms with Crippen molar-refractivity contribution in [2.45, 2.75) is 124 Å². The molecule has 1 aliphatic carbocycles. The molecule has 1 unspecified atom stereocenters. The highest BCUT2D eigenvalue weighted by molar-refractivity contribution is 4.94. The van der Waals surface area contributed by atoms with Gasteiger partial charge in [0.25, 0.3) is 0 Å². The lowest BCUT2D eigenvalue weighted by atomic mass is 9.67. The van der Waals surface area contributed by atoms with Gasteiger partial charge in [0.15, 0.2) is 0 Å². The van der Waals surface area contributed by atoms with Gasteiger partial charge in [0.1, 0.15) is 0 Å². The van der Waals surface area contributed by atoms with Crippen molar-refractivity contribution in [1.29, 1.82) is 0 Å². The number of hydrogen-bond acceptors (Lipinski definition) is 4. The maximum atomic E-state index is 6.14. The van der Waals surface area contributed by atoms with Gasteiger partial charge in [0.05, 0.1) is 11.2 Å². The second kappa shape index (κ2) is 8.69. The van der Waals surface area contributed by atoms with Crippen LogP contribution in [0, 0.1) is 11.3 Å². The summed E-state index contributed by atoms with van der Waals surface area (Å²) in [6.07, 6.45) is 7.18. The smallest absolute Gasteiger partial charge is 0.228 e. The topological polar surface area (TPSA) is 36.9 Å². The predicted molar refractivity (Wildman–Crippen MR) is 102 cm³/mol. The van der Waals surface area contributed by atoms with Gasteiger partial charge < -0.3 is 0 Å². The van der Waals surface area contributed by atoms with Crippen molar-refractivity contribution in [3.8, 4) is 0 Å². The molecule has 0 spiro atoms. The van der Waals surface area contributed by atoms with Crippen LogP contribution in [0.25, 0.3) is 0 Å². The summed E-state index contributed by atoms with van der Waals surface area (Å²) >= 11 is 0. The molecule has 4 nitrogen and oxygen atoms in total. The molecule has 0 N–H and O–H groups in total. The van der Waals surface area contributed by atoms with E-state index >= 15 is 0 Å². The molecule has 0 aliphatic heterocycles. The molecule has 1 fully saturated rings. The van der Waals surface area contributed by atoms with E-state index in [1.165, 1.54) is 6.42 Å². The van der Waals surface area contributed by atoms with E-state index in [0.717, 1.165) is 38.5 Å². The Morgan fingerprint density at radius 2 is 1.32 bits per heavy atom. The van der Waals surface area contributed by atoms with Crippen molar-refractivity contribution in [2.24, 2.45) is 11.3 Å². The molecule has 0 aromatic carbocycles. The second-order valence-corrected chi connectivity index (χ2v) is 9.70. The first-order valence-electron chi connectivity index (χ1n) is 10.1. The fourth-order valence-electron chi connectivity index (χ4n) is 3.92. The van der Waals surface area contributed by atoms with E-state index in [1.54, 1.807) is 0 Å². The van der Waals surface area contributed by atoms with Crippen LogP contribution in [0.15, 0.2) is 0 Å². The first-order chi connectivity index (χ1) is 11.4. The van der Waals surface area contributed by atoms with Crippen LogP contribution >= 0.6 is 0 Å². The van der Waals surface area contributed by atoms with E-state index in [0.29, 0.717) is 0 Å². The molecule has 0 radical (unpaired) electrons. The summed E-state index contributed by atoms with van der Waals surface area (Å²) in [6, 6.07) is 0. The Morgan fingerprint density at radius 1 is 0.880 bits per heavy atom. The molecule has 1 atom stereocenters.